The number of ketones is 1. The average Bonchev–Trinajstić information content (AvgIpc) is 4.00. The first-order valence-corrected chi connectivity index (χ1v) is 19.1. The monoisotopic (exact) mass is 939 g/mol. The fourth-order valence-corrected chi connectivity index (χ4v) is 7.01. The second-order valence-electron chi connectivity index (χ2n) is 13.3. The van der Waals surface area contributed by atoms with Crippen molar-refractivity contribution in [3.63, 3.8) is 0 Å². The van der Waals surface area contributed by atoms with Crippen LogP contribution in [0.4, 0.5) is 0 Å². The van der Waals surface area contributed by atoms with Gasteiger partial charge in [-0.25, -0.2) is 0 Å². The second-order valence-corrected chi connectivity index (χ2v) is 15.7. The number of rotatable bonds is 8. The van der Waals surface area contributed by atoms with E-state index in [0.29, 0.717) is 18.1 Å². The number of carbonyl (C=O) groups excluding carboxylic acids is 1. The molecule has 53 heavy (non-hydrogen) atoms. The van der Waals surface area contributed by atoms with E-state index in [1.54, 1.807) is 6.20 Å². The number of hydrogen-bond acceptors (Lipinski definition) is 5. The Morgan fingerprint density at radius 3 is 1.55 bits per heavy atom. The zero-order chi connectivity index (χ0) is 37.4. The van der Waals surface area contributed by atoms with E-state index < -0.39 is 17.9 Å². The summed E-state index contributed by atoms with van der Waals surface area (Å²) in [5.74, 6) is -0.924. The van der Waals surface area contributed by atoms with Gasteiger partial charge in [0.2, 0.25) is 0 Å². The van der Waals surface area contributed by atoms with Crippen LogP contribution in [-0.4, -0.2) is 44.0 Å². The molecule has 3 N–H and O–H groups in total. The quantitative estimate of drug-likeness (QED) is 0.131. The van der Waals surface area contributed by atoms with Crippen LogP contribution in [0.2, 0.25) is 0 Å². The first-order chi connectivity index (χ1) is 24.9. The minimum absolute atomic E-state index is 0. The molecule has 0 radical (unpaired) electrons. The van der Waals surface area contributed by atoms with Gasteiger partial charge >= 0.3 is 11.9 Å². The minimum Gasteiger partial charge on any atom is -0.481 e. The van der Waals surface area contributed by atoms with Gasteiger partial charge in [-0.15, -0.1) is 0 Å². The van der Waals surface area contributed by atoms with Crippen molar-refractivity contribution < 1.29 is 34.5 Å². The predicted octanol–water partition coefficient (Wildman–Crippen LogP) is 9.84. The first kappa shape index (κ1) is 41.6. The number of aromatic nitrogens is 1. The molecular weight excluding hydrogens is 896 g/mol. The van der Waals surface area contributed by atoms with Gasteiger partial charge in [-0.3, -0.25) is 24.2 Å². The summed E-state index contributed by atoms with van der Waals surface area (Å²) in [5.41, 5.74) is 4.72. The number of aliphatic carboxylic acids is 3. The lowest BCUT2D eigenvalue weighted by atomic mass is 10.0. The van der Waals surface area contributed by atoms with Crippen LogP contribution in [0.1, 0.15) is 73.6 Å². The lowest BCUT2D eigenvalue weighted by molar-refractivity contribution is -0.139. The third-order valence-electron chi connectivity index (χ3n) is 9.33. The zero-order valence-corrected chi connectivity index (χ0v) is 32.8. The highest BCUT2D eigenvalue weighted by Crippen LogP contribution is 2.49. The van der Waals surface area contributed by atoms with Crippen molar-refractivity contribution in [2.45, 2.75) is 57.8 Å². The van der Waals surface area contributed by atoms with E-state index in [1.807, 2.05) is 72.9 Å². The van der Waals surface area contributed by atoms with Crippen molar-refractivity contribution in [3.8, 4) is 0 Å². The number of carboxylic acid groups (broad SMARTS) is 3. The fourth-order valence-electron chi connectivity index (χ4n) is 6.29. The number of carbonyl (C=O) groups is 4. The Bertz CT molecular complexity index is 2020. The van der Waals surface area contributed by atoms with Gasteiger partial charge in [-0.2, -0.15) is 0 Å². The Kier molecular flexibility index (Phi) is 15.1. The van der Waals surface area contributed by atoms with Crippen LogP contribution in [0, 0.1) is 24.9 Å². The van der Waals surface area contributed by atoms with Gasteiger partial charge in [0, 0.05) is 44.2 Å². The molecule has 1 aromatic heterocycles. The third kappa shape index (κ3) is 12.4. The number of fused-ring (bicyclic) bond motifs is 1. The van der Waals surface area contributed by atoms with Gasteiger partial charge in [0.25, 0.3) is 5.97 Å². The summed E-state index contributed by atoms with van der Waals surface area (Å²) in [6.45, 7) is 1.08. The van der Waals surface area contributed by atoms with E-state index >= 15 is 0 Å². The molecule has 0 unspecified atom stereocenters. The molecular formula is C43H43I2NO7. The number of pyridine rings is 1. The standard InChI is InChI=1S/C20H16INO.C10H9IO2.C10H10O2.C2H4O2.CH4/c21-17-5-3-14(4-6-17)18-11-19(18)20(23)10-13-1-2-16-12-22-8-7-15(16)9-13;11-7-3-1-6(2-4-7)8-5-9(8)10(12)13;11-10(12)9-6-8(9)7-4-2-1-3-5-7;1-2(3)4;/h1-9,12,18-19H,10-11H2;1-4,8-9H,5H2,(H,12,13);1-5,8-9H,6H2,(H,11,12);1H3,(H,3,4);1H4/t18-,19+;2*8-,9+;;/m000../s1. The Hall–Kier alpha value is -4.17. The lowest BCUT2D eigenvalue weighted by Crippen LogP contribution is -2.06. The Morgan fingerprint density at radius 1 is 0.623 bits per heavy atom. The molecule has 10 heteroatoms. The van der Waals surface area contributed by atoms with Crippen molar-refractivity contribution >= 4 is 79.6 Å². The summed E-state index contributed by atoms with van der Waals surface area (Å²) < 4.78 is 2.43. The molecule has 0 bridgehead atoms. The van der Waals surface area contributed by atoms with Gasteiger partial charge in [0.05, 0.1) is 11.8 Å². The predicted molar refractivity (Wildman–Crippen MR) is 223 cm³/mol. The summed E-state index contributed by atoms with van der Waals surface area (Å²) in [6, 6.07) is 34.7. The first-order valence-electron chi connectivity index (χ1n) is 17.0. The van der Waals surface area contributed by atoms with Crippen molar-refractivity contribution in [2.75, 3.05) is 0 Å². The molecule has 8 nitrogen and oxygen atoms in total. The van der Waals surface area contributed by atoms with Crippen molar-refractivity contribution in [1.82, 2.24) is 4.98 Å². The maximum absolute atomic E-state index is 12.5. The van der Waals surface area contributed by atoms with E-state index in [0.717, 1.165) is 53.6 Å². The Morgan fingerprint density at radius 2 is 1.08 bits per heavy atom. The molecule has 8 rings (SSSR count). The molecule has 3 aliphatic rings. The molecule has 3 saturated carbocycles. The highest BCUT2D eigenvalue weighted by molar-refractivity contribution is 14.1. The molecule has 3 fully saturated rings. The number of Topliss-reactive ketones (excluding diaryl/α,β-unsaturated/α-hetero) is 1. The largest absolute Gasteiger partial charge is 0.481 e. The summed E-state index contributed by atoms with van der Waals surface area (Å²) >= 11 is 4.55. The SMILES string of the molecule is C.CC(=O)O.O=C(Cc1ccc2cnccc2c1)[C@@H]1C[C@H]1c1ccc(I)cc1.O=C(O)[C@@H]1C[C@H]1c1ccc(I)cc1.O=C(O)[C@@H]1C[C@H]1c1ccccc1. The Labute approximate surface area is 337 Å². The van der Waals surface area contributed by atoms with Gasteiger partial charge in [0.1, 0.15) is 5.78 Å². The van der Waals surface area contributed by atoms with Crippen LogP contribution in [-0.2, 0) is 25.6 Å². The van der Waals surface area contributed by atoms with E-state index in [9.17, 15) is 14.4 Å². The molecule has 3 aliphatic carbocycles. The minimum atomic E-state index is -0.833. The van der Waals surface area contributed by atoms with Gasteiger partial charge < -0.3 is 15.3 Å². The van der Waals surface area contributed by atoms with Gasteiger partial charge in [-0.05, 0) is 140 Å². The normalized spacial score (nSPS) is 21.3. The lowest BCUT2D eigenvalue weighted by Gasteiger charge is -2.04. The molecule has 0 amide bonds. The Balaban J connectivity index is 0.000000179. The van der Waals surface area contributed by atoms with E-state index in [2.05, 4.69) is 86.6 Å². The summed E-state index contributed by atoms with van der Waals surface area (Å²) in [4.78, 5) is 46.8. The summed E-state index contributed by atoms with van der Waals surface area (Å²) in [6.07, 6.45) is 6.78. The highest BCUT2D eigenvalue weighted by atomic mass is 127. The number of halogens is 2. The molecule has 0 aliphatic heterocycles. The number of carboxylic acids is 3. The molecule has 4 aromatic carbocycles. The second kappa shape index (κ2) is 19.2. The van der Waals surface area contributed by atoms with Crippen LogP contribution in [0.3, 0.4) is 0 Å². The van der Waals surface area contributed by atoms with Crippen LogP contribution in [0.15, 0.2) is 116 Å². The topological polar surface area (TPSA) is 142 Å². The molecule has 0 saturated heterocycles. The highest BCUT2D eigenvalue weighted by Gasteiger charge is 2.45. The number of hydrogen-bond donors (Lipinski definition) is 3. The number of nitrogens with zero attached hydrogens (tertiary/aromatic N) is 1. The fraction of sp³-hybridized carbons (Fsp3) is 0.279. The molecule has 0 spiro atoms. The van der Waals surface area contributed by atoms with Crippen LogP contribution in [0.5, 0.6) is 0 Å². The average molecular weight is 940 g/mol. The van der Waals surface area contributed by atoms with E-state index in [-0.39, 0.29) is 37.0 Å². The smallest absolute Gasteiger partial charge is 0.307 e. The molecule has 5 aromatic rings. The molecule has 1 heterocycles. The van der Waals surface area contributed by atoms with Crippen LogP contribution in [0.25, 0.3) is 10.8 Å². The van der Waals surface area contributed by atoms with Crippen molar-refractivity contribution in [3.05, 3.63) is 145 Å². The van der Waals surface area contributed by atoms with Crippen molar-refractivity contribution in [1.29, 1.82) is 0 Å². The van der Waals surface area contributed by atoms with E-state index in [1.165, 1.54) is 12.7 Å². The maximum Gasteiger partial charge on any atom is 0.307 e. The third-order valence-corrected chi connectivity index (χ3v) is 10.8. The van der Waals surface area contributed by atoms with Crippen LogP contribution < -0.4 is 0 Å². The zero-order valence-electron chi connectivity index (χ0n) is 28.4. The van der Waals surface area contributed by atoms with E-state index in [4.69, 9.17) is 20.1 Å². The molecule has 6 atom stereocenters. The maximum atomic E-state index is 12.5. The van der Waals surface area contributed by atoms with Crippen LogP contribution >= 0.6 is 45.2 Å². The van der Waals surface area contributed by atoms with Gasteiger partial charge in [-0.1, -0.05) is 80.2 Å². The summed E-state index contributed by atoms with van der Waals surface area (Å²) in [7, 11) is 0. The number of benzene rings is 4. The summed E-state index contributed by atoms with van der Waals surface area (Å²) in [5, 5.41) is 27.1. The molecule has 276 valence electrons. The van der Waals surface area contributed by atoms with Gasteiger partial charge in [0.15, 0.2) is 0 Å². The van der Waals surface area contributed by atoms with Crippen molar-refractivity contribution in [2.24, 2.45) is 17.8 Å².